The van der Waals surface area contributed by atoms with Gasteiger partial charge in [-0.15, -0.1) is 5.10 Å². The Labute approximate surface area is 196 Å². The fraction of sp³-hybridized carbons (Fsp3) is 0.333. The van der Waals surface area contributed by atoms with Crippen molar-refractivity contribution in [1.82, 2.24) is 24.8 Å². The SMILES string of the molecule is Cc1cccc(C(=O)N2CCN(C(=O)c3nnn4c3CO[C@H](c3ccc(Cl)cc3)C4)CC2)c1. The lowest BCUT2D eigenvalue weighted by Gasteiger charge is -2.34. The normalized spacial score (nSPS) is 18.2. The largest absolute Gasteiger partial charge is 0.365 e. The van der Waals surface area contributed by atoms with E-state index in [4.69, 9.17) is 16.3 Å². The van der Waals surface area contributed by atoms with Gasteiger partial charge < -0.3 is 14.5 Å². The van der Waals surface area contributed by atoms with Crippen LogP contribution in [0, 0.1) is 6.92 Å². The summed E-state index contributed by atoms with van der Waals surface area (Å²) in [6.07, 6.45) is -0.171. The number of carbonyl (C=O) groups is 2. The number of fused-ring (bicyclic) bond motifs is 1. The Kier molecular flexibility index (Phi) is 5.86. The molecule has 1 atom stereocenters. The minimum Gasteiger partial charge on any atom is -0.365 e. The first-order valence-electron chi connectivity index (χ1n) is 10.9. The molecule has 0 saturated carbocycles. The van der Waals surface area contributed by atoms with Gasteiger partial charge in [0, 0.05) is 36.8 Å². The van der Waals surface area contributed by atoms with E-state index in [0.29, 0.717) is 54.7 Å². The topological polar surface area (TPSA) is 80.6 Å². The van der Waals surface area contributed by atoms with Crippen LogP contribution in [0.4, 0.5) is 0 Å². The van der Waals surface area contributed by atoms with Crippen molar-refractivity contribution in [2.45, 2.75) is 26.2 Å². The Morgan fingerprint density at radius 1 is 1.00 bits per heavy atom. The van der Waals surface area contributed by atoms with E-state index >= 15 is 0 Å². The highest BCUT2D eigenvalue weighted by Gasteiger charge is 2.32. The third-order valence-electron chi connectivity index (χ3n) is 6.16. The molecule has 0 N–H and O–H groups in total. The van der Waals surface area contributed by atoms with Crippen molar-refractivity contribution in [3.8, 4) is 0 Å². The van der Waals surface area contributed by atoms with Gasteiger partial charge in [-0.3, -0.25) is 9.59 Å². The second-order valence-corrected chi connectivity index (χ2v) is 8.81. The molecule has 1 saturated heterocycles. The lowest BCUT2D eigenvalue weighted by molar-refractivity contribution is -0.00202. The molecule has 1 fully saturated rings. The minimum atomic E-state index is -0.174. The number of hydrogen-bond acceptors (Lipinski definition) is 5. The van der Waals surface area contributed by atoms with Crippen LogP contribution in [-0.2, 0) is 17.9 Å². The summed E-state index contributed by atoms with van der Waals surface area (Å²) in [6, 6.07) is 15.1. The van der Waals surface area contributed by atoms with Crippen LogP contribution < -0.4 is 0 Å². The Hall–Kier alpha value is -3.23. The molecule has 0 aliphatic carbocycles. The Morgan fingerprint density at radius 3 is 2.39 bits per heavy atom. The molecule has 2 aliphatic rings. The first-order chi connectivity index (χ1) is 16.0. The molecule has 9 heteroatoms. The quantitative estimate of drug-likeness (QED) is 0.593. The average molecular weight is 466 g/mol. The molecular weight excluding hydrogens is 442 g/mol. The highest BCUT2D eigenvalue weighted by Crippen LogP contribution is 2.28. The third-order valence-corrected chi connectivity index (χ3v) is 6.41. The van der Waals surface area contributed by atoms with E-state index in [9.17, 15) is 9.59 Å². The molecule has 170 valence electrons. The summed E-state index contributed by atoms with van der Waals surface area (Å²) in [5, 5.41) is 9.04. The molecule has 5 rings (SSSR count). The van der Waals surface area contributed by atoms with E-state index in [1.165, 1.54) is 0 Å². The van der Waals surface area contributed by atoms with Gasteiger partial charge in [-0.1, -0.05) is 46.6 Å². The van der Waals surface area contributed by atoms with E-state index in [0.717, 1.165) is 11.1 Å². The van der Waals surface area contributed by atoms with Crippen LogP contribution >= 0.6 is 11.6 Å². The summed E-state index contributed by atoms with van der Waals surface area (Å²) in [7, 11) is 0. The minimum absolute atomic E-state index is 0.00604. The van der Waals surface area contributed by atoms with Crippen LogP contribution in [0.3, 0.4) is 0 Å². The molecule has 1 aromatic heterocycles. The summed E-state index contributed by atoms with van der Waals surface area (Å²) in [5.74, 6) is -0.180. The number of rotatable bonds is 3. The van der Waals surface area contributed by atoms with E-state index in [-0.39, 0.29) is 24.5 Å². The van der Waals surface area contributed by atoms with Crippen molar-refractivity contribution < 1.29 is 14.3 Å². The van der Waals surface area contributed by atoms with Gasteiger partial charge in [0.25, 0.3) is 11.8 Å². The summed E-state index contributed by atoms with van der Waals surface area (Å²) in [5.41, 5.74) is 3.73. The summed E-state index contributed by atoms with van der Waals surface area (Å²) in [6.45, 7) is 4.58. The second kappa shape index (κ2) is 8.96. The number of aromatic nitrogens is 3. The Bertz CT molecular complexity index is 1190. The Morgan fingerprint density at radius 2 is 1.70 bits per heavy atom. The number of benzene rings is 2. The monoisotopic (exact) mass is 465 g/mol. The maximum absolute atomic E-state index is 13.1. The zero-order chi connectivity index (χ0) is 22.9. The lowest BCUT2D eigenvalue weighted by atomic mass is 10.1. The number of aryl methyl sites for hydroxylation is 1. The summed E-state index contributed by atoms with van der Waals surface area (Å²) in [4.78, 5) is 29.5. The van der Waals surface area contributed by atoms with Gasteiger partial charge in [-0.05, 0) is 36.8 Å². The number of piperazine rings is 1. The van der Waals surface area contributed by atoms with Gasteiger partial charge in [0.05, 0.1) is 18.8 Å². The van der Waals surface area contributed by atoms with Crippen LogP contribution in [0.5, 0.6) is 0 Å². The van der Waals surface area contributed by atoms with Crippen LogP contribution in [0.15, 0.2) is 48.5 Å². The number of nitrogens with zero attached hydrogens (tertiary/aromatic N) is 5. The molecule has 2 amide bonds. The highest BCUT2D eigenvalue weighted by molar-refractivity contribution is 6.30. The first-order valence-corrected chi connectivity index (χ1v) is 11.3. The molecule has 2 aliphatic heterocycles. The molecule has 33 heavy (non-hydrogen) atoms. The molecule has 0 bridgehead atoms. The molecule has 0 radical (unpaired) electrons. The van der Waals surface area contributed by atoms with Gasteiger partial charge >= 0.3 is 0 Å². The fourth-order valence-corrected chi connectivity index (χ4v) is 4.41. The smallest absolute Gasteiger partial charge is 0.276 e. The van der Waals surface area contributed by atoms with Crippen molar-refractivity contribution in [2.75, 3.05) is 26.2 Å². The first kappa shape index (κ1) is 21.6. The molecule has 3 aromatic rings. The molecule has 0 spiro atoms. The summed E-state index contributed by atoms with van der Waals surface area (Å²) >= 11 is 5.98. The fourth-order valence-electron chi connectivity index (χ4n) is 4.28. The maximum Gasteiger partial charge on any atom is 0.276 e. The highest BCUT2D eigenvalue weighted by atomic mass is 35.5. The van der Waals surface area contributed by atoms with Gasteiger partial charge in [-0.2, -0.15) is 0 Å². The van der Waals surface area contributed by atoms with Crippen LogP contribution in [-0.4, -0.2) is 62.8 Å². The number of halogens is 1. The molecule has 8 nitrogen and oxygen atoms in total. The van der Waals surface area contributed by atoms with Crippen molar-refractivity contribution >= 4 is 23.4 Å². The van der Waals surface area contributed by atoms with Gasteiger partial charge in [0.1, 0.15) is 6.10 Å². The third kappa shape index (κ3) is 4.36. The number of ether oxygens (including phenoxy) is 1. The standard InChI is InChI=1S/C24H24ClN5O3/c1-16-3-2-4-18(13-16)23(31)28-9-11-29(12-10-28)24(32)22-20-15-33-21(14-30(20)27-26-22)17-5-7-19(25)8-6-17/h2-8,13,21H,9-12,14-15H2,1H3/t21-/m0/s1. The lowest BCUT2D eigenvalue weighted by Crippen LogP contribution is -2.50. The number of hydrogen-bond donors (Lipinski definition) is 0. The van der Waals surface area contributed by atoms with Crippen molar-refractivity contribution in [3.05, 3.63) is 81.6 Å². The van der Waals surface area contributed by atoms with E-state index in [1.807, 2.05) is 55.5 Å². The predicted molar refractivity (Wildman–Crippen MR) is 122 cm³/mol. The van der Waals surface area contributed by atoms with Crippen LogP contribution in [0.25, 0.3) is 0 Å². The van der Waals surface area contributed by atoms with E-state index in [2.05, 4.69) is 10.3 Å². The Balaban J connectivity index is 1.23. The van der Waals surface area contributed by atoms with Gasteiger partial charge in [-0.25, -0.2) is 4.68 Å². The van der Waals surface area contributed by atoms with Crippen molar-refractivity contribution in [3.63, 3.8) is 0 Å². The van der Waals surface area contributed by atoms with Crippen molar-refractivity contribution in [1.29, 1.82) is 0 Å². The average Bonchev–Trinajstić information content (AvgIpc) is 3.27. The van der Waals surface area contributed by atoms with E-state index < -0.39 is 0 Å². The molecular formula is C24H24ClN5O3. The molecule has 2 aromatic carbocycles. The van der Waals surface area contributed by atoms with Crippen LogP contribution in [0.1, 0.15) is 43.8 Å². The zero-order valence-corrected chi connectivity index (χ0v) is 19.0. The second-order valence-electron chi connectivity index (χ2n) is 8.37. The van der Waals surface area contributed by atoms with Gasteiger partial charge in [0.15, 0.2) is 5.69 Å². The number of carbonyl (C=O) groups excluding carboxylic acids is 2. The maximum atomic E-state index is 13.1. The van der Waals surface area contributed by atoms with E-state index in [1.54, 1.807) is 14.5 Å². The predicted octanol–water partition coefficient (Wildman–Crippen LogP) is 3.11. The van der Waals surface area contributed by atoms with Crippen LogP contribution in [0.2, 0.25) is 5.02 Å². The van der Waals surface area contributed by atoms with Crippen molar-refractivity contribution in [2.24, 2.45) is 0 Å². The van der Waals surface area contributed by atoms with Gasteiger partial charge in [0.2, 0.25) is 0 Å². The molecule has 0 unspecified atom stereocenters. The number of amides is 2. The zero-order valence-electron chi connectivity index (χ0n) is 18.3. The summed E-state index contributed by atoms with van der Waals surface area (Å²) < 4.78 is 7.75. The molecule has 3 heterocycles.